The predicted molar refractivity (Wildman–Crippen MR) is 76.8 cm³/mol. The number of benzene rings is 1. The lowest BCUT2D eigenvalue weighted by molar-refractivity contribution is 0.0949. The number of carbonyl (C=O) groups excluding carboxylic acids is 1. The quantitative estimate of drug-likeness (QED) is 0.936. The molecule has 0 radical (unpaired) electrons. The Bertz CT molecular complexity index is 661. The number of amides is 1. The SMILES string of the molecule is Cc1cc(C(=O)NCc2cc(Br)ccc2F)c(C)nn1. The van der Waals surface area contributed by atoms with E-state index < -0.39 is 0 Å². The number of carbonyl (C=O) groups is 1. The Kier molecular flexibility index (Phi) is 4.44. The summed E-state index contributed by atoms with van der Waals surface area (Å²) >= 11 is 3.27. The standard InChI is InChI=1S/C14H13BrFN3O/c1-8-5-12(9(2)19-18-8)14(20)17-7-10-6-11(15)3-4-13(10)16/h3-6H,7H2,1-2H3,(H,17,20). The largest absolute Gasteiger partial charge is 0.348 e. The zero-order chi connectivity index (χ0) is 14.7. The second-order valence-electron chi connectivity index (χ2n) is 4.40. The first-order valence-electron chi connectivity index (χ1n) is 6.00. The number of nitrogens with one attached hydrogen (secondary N) is 1. The summed E-state index contributed by atoms with van der Waals surface area (Å²) in [6.45, 7) is 3.59. The third-order valence-electron chi connectivity index (χ3n) is 2.79. The van der Waals surface area contributed by atoms with Crippen LogP contribution in [0.15, 0.2) is 28.7 Å². The van der Waals surface area contributed by atoms with E-state index in [1.807, 2.05) is 0 Å². The molecule has 0 aliphatic heterocycles. The number of hydrogen-bond acceptors (Lipinski definition) is 3. The van der Waals surface area contributed by atoms with Gasteiger partial charge in [-0.15, -0.1) is 0 Å². The van der Waals surface area contributed by atoms with Crippen molar-refractivity contribution in [3.05, 3.63) is 57.1 Å². The molecule has 0 saturated carbocycles. The smallest absolute Gasteiger partial charge is 0.253 e. The summed E-state index contributed by atoms with van der Waals surface area (Å²) in [6.07, 6.45) is 0. The van der Waals surface area contributed by atoms with Crippen molar-refractivity contribution in [3.63, 3.8) is 0 Å². The molecule has 20 heavy (non-hydrogen) atoms. The molecule has 2 rings (SSSR count). The predicted octanol–water partition coefficient (Wildman–Crippen LogP) is 2.93. The van der Waals surface area contributed by atoms with Crippen molar-refractivity contribution in [2.45, 2.75) is 20.4 Å². The fraction of sp³-hybridized carbons (Fsp3) is 0.214. The topological polar surface area (TPSA) is 54.9 Å². The molecule has 0 unspecified atom stereocenters. The van der Waals surface area contributed by atoms with Crippen molar-refractivity contribution in [1.29, 1.82) is 0 Å². The van der Waals surface area contributed by atoms with Crippen molar-refractivity contribution in [2.75, 3.05) is 0 Å². The Morgan fingerprint density at radius 3 is 2.80 bits per heavy atom. The van der Waals surface area contributed by atoms with E-state index in [-0.39, 0.29) is 18.3 Å². The van der Waals surface area contributed by atoms with Gasteiger partial charge in [-0.05, 0) is 38.1 Å². The monoisotopic (exact) mass is 337 g/mol. The van der Waals surface area contributed by atoms with Crippen molar-refractivity contribution >= 4 is 21.8 Å². The minimum absolute atomic E-state index is 0.116. The first kappa shape index (κ1) is 14.6. The van der Waals surface area contributed by atoms with Crippen molar-refractivity contribution in [1.82, 2.24) is 15.5 Å². The van der Waals surface area contributed by atoms with Crippen molar-refractivity contribution < 1.29 is 9.18 Å². The van der Waals surface area contributed by atoms with Crippen LogP contribution in [0.1, 0.15) is 27.3 Å². The van der Waals surface area contributed by atoms with Crippen LogP contribution in [0.5, 0.6) is 0 Å². The average Bonchev–Trinajstić information content (AvgIpc) is 2.42. The highest BCUT2D eigenvalue weighted by atomic mass is 79.9. The molecule has 1 amide bonds. The van der Waals surface area contributed by atoms with Crippen LogP contribution in [0.25, 0.3) is 0 Å². The number of halogens is 2. The molecule has 0 spiro atoms. The van der Waals surface area contributed by atoms with Crippen molar-refractivity contribution in [3.8, 4) is 0 Å². The first-order chi connectivity index (χ1) is 9.47. The second-order valence-corrected chi connectivity index (χ2v) is 5.32. The molecule has 6 heteroatoms. The van der Waals surface area contributed by atoms with Crippen LogP contribution < -0.4 is 5.32 Å². The molecule has 1 N–H and O–H groups in total. The molecule has 4 nitrogen and oxygen atoms in total. The van der Waals surface area contributed by atoms with Crippen LogP contribution >= 0.6 is 15.9 Å². The highest BCUT2D eigenvalue weighted by Crippen LogP contribution is 2.15. The van der Waals surface area contributed by atoms with Gasteiger partial charge in [0, 0.05) is 16.6 Å². The van der Waals surface area contributed by atoms with Gasteiger partial charge in [0.1, 0.15) is 5.82 Å². The molecule has 1 aromatic heterocycles. The second kappa shape index (κ2) is 6.09. The fourth-order valence-electron chi connectivity index (χ4n) is 1.73. The third kappa shape index (κ3) is 3.39. The van der Waals surface area contributed by atoms with Gasteiger partial charge in [0.15, 0.2) is 0 Å². The lowest BCUT2D eigenvalue weighted by Gasteiger charge is -2.08. The highest BCUT2D eigenvalue weighted by molar-refractivity contribution is 9.10. The fourth-order valence-corrected chi connectivity index (χ4v) is 2.14. The lowest BCUT2D eigenvalue weighted by Crippen LogP contribution is -2.24. The van der Waals surface area contributed by atoms with Crippen LogP contribution in [-0.4, -0.2) is 16.1 Å². The molecule has 104 valence electrons. The van der Waals surface area contributed by atoms with Crippen LogP contribution in [0.4, 0.5) is 4.39 Å². The van der Waals surface area contributed by atoms with E-state index in [9.17, 15) is 9.18 Å². The van der Waals surface area contributed by atoms with Gasteiger partial charge in [0.25, 0.3) is 5.91 Å². The van der Waals surface area contributed by atoms with Gasteiger partial charge >= 0.3 is 0 Å². The van der Waals surface area contributed by atoms with Crippen LogP contribution in [-0.2, 0) is 6.54 Å². The molecular weight excluding hydrogens is 325 g/mol. The zero-order valence-electron chi connectivity index (χ0n) is 11.1. The van der Waals surface area contributed by atoms with Gasteiger partial charge in [0.2, 0.25) is 0 Å². The Balaban J connectivity index is 2.12. The van der Waals surface area contributed by atoms with Crippen LogP contribution in [0, 0.1) is 19.7 Å². The number of nitrogens with zero attached hydrogens (tertiary/aromatic N) is 2. The minimum atomic E-state index is -0.353. The summed E-state index contributed by atoms with van der Waals surface area (Å²) < 4.78 is 14.3. The Hall–Kier alpha value is -1.82. The third-order valence-corrected chi connectivity index (χ3v) is 3.29. The molecule has 0 atom stereocenters. The number of hydrogen-bond donors (Lipinski definition) is 1. The number of aryl methyl sites for hydroxylation is 2. The molecule has 0 aliphatic carbocycles. The van der Waals surface area contributed by atoms with E-state index in [0.717, 1.165) is 4.47 Å². The minimum Gasteiger partial charge on any atom is -0.348 e. The van der Waals surface area contributed by atoms with Crippen molar-refractivity contribution in [2.24, 2.45) is 0 Å². The van der Waals surface area contributed by atoms with Gasteiger partial charge in [-0.25, -0.2) is 4.39 Å². The Morgan fingerprint density at radius 2 is 2.05 bits per heavy atom. The van der Waals surface area contributed by atoms with Gasteiger partial charge < -0.3 is 5.32 Å². The van der Waals surface area contributed by atoms with Gasteiger partial charge in [-0.2, -0.15) is 10.2 Å². The molecule has 1 aromatic carbocycles. The Labute approximate surface area is 124 Å². The van der Waals surface area contributed by atoms with Gasteiger partial charge in [-0.1, -0.05) is 15.9 Å². The summed E-state index contributed by atoms with van der Waals surface area (Å²) in [6, 6.07) is 6.27. The van der Waals surface area contributed by atoms with E-state index >= 15 is 0 Å². The van der Waals surface area contributed by atoms with Gasteiger partial charge in [-0.3, -0.25) is 4.79 Å². The highest BCUT2D eigenvalue weighted by Gasteiger charge is 2.12. The number of rotatable bonds is 3. The maximum absolute atomic E-state index is 13.6. The number of aromatic nitrogens is 2. The molecule has 0 aliphatic rings. The summed E-state index contributed by atoms with van der Waals surface area (Å²) in [5.41, 5.74) is 2.08. The Morgan fingerprint density at radius 1 is 1.30 bits per heavy atom. The van der Waals surface area contributed by atoms with Crippen LogP contribution in [0.3, 0.4) is 0 Å². The molecule has 0 bridgehead atoms. The summed E-state index contributed by atoms with van der Waals surface area (Å²) in [4.78, 5) is 12.1. The van der Waals surface area contributed by atoms with Gasteiger partial charge in [0.05, 0.1) is 17.0 Å². The zero-order valence-corrected chi connectivity index (χ0v) is 12.7. The molecule has 1 heterocycles. The van der Waals surface area contributed by atoms with Crippen LogP contribution in [0.2, 0.25) is 0 Å². The average molecular weight is 338 g/mol. The summed E-state index contributed by atoms with van der Waals surface area (Å²) in [5.74, 6) is -0.644. The molecule has 0 saturated heterocycles. The van der Waals surface area contributed by atoms with E-state index in [1.54, 1.807) is 32.0 Å². The van der Waals surface area contributed by atoms with E-state index in [1.165, 1.54) is 6.07 Å². The molecular formula is C14H13BrFN3O. The van der Waals surface area contributed by atoms with E-state index in [4.69, 9.17) is 0 Å². The molecule has 2 aromatic rings. The molecule has 0 fully saturated rings. The summed E-state index contributed by atoms with van der Waals surface area (Å²) in [5, 5.41) is 10.4. The maximum Gasteiger partial charge on any atom is 0.253 e. The van der Waals surface area contributed by atoms with E-state index in [2.05, 4.69) is 31.4 Å². The first-order valence-corrected chi connectivity index (χ1v) is 6.79. The summed E-state index contributed by atoms with van der Waals surface area (Å²) in [7, 11) is 0. The lowest BCUT2D eigenvalue weighted by atomic mass is 10.1. The van der Waals surface area contributed by atoms with E-state index in [0.29, 0.717) is 22.5 Å². The maximum atomic E-state index is 13.6. The normalized spacial score (nSPS) is 10.4.